The molecule has 0 atom stereocenters. The van der Waals surface area contributed by atoms with Gasteiger partial charge >= 0.3 is 0 Å². The number of ether oxygens (including phenoxy) is 1. The summed E-state index contributed by atoms with van der Waals surface area (Å²) in [6.07, 6.45) is 6.31. The Balaban J connectivity index is 1.30. The molecule has 0 aliphatic heterocycles. The van der Waals surface area contributed by atoms with Gasteiger partial charge in [-0.3, -0.25) is 29.1 Å². The summed E-state index contributed by atoms with van der Waals surface area (Å²) in [5.74, 6) is -0.538. The lowest BCUT2D eigenvalue weighted by Crippen LogP contribution is -2.20. The van der Waals surface area contributed by atoms with E-state index in [0.29, 0.717) is 83.2 Å². The first kappa shape index (κ1) is 38.3. The first-order valence-electron chi connectivity index (χ1n) is 18.6. The Hall–Kier alpha value is -6.95. The van der Waals surface area contributed by atoms with Crippen molar-refractivity contribution in [3.63, 3.8) is 0 Å². The number of pyridine rings is 1. The quantitative estimate of drug-likeness (QED) is 0.0816. The van der Waals surface area contributed by atoms with E-state index in [1.165, 1.54) is 0 Å². The topological polar surface area (TPSA) is 234 Å². The van der Waals surface area contributed by atoms with Gasteiger partial charge in [-0.2, -0.15) is 10.2 Å². The van der Waals surface area contributed by atoms with Crippen molar-refractivity contribution < 1.29 is 19.1 Å². The fraction of sp³-hybridized carbons (Fsp3) is 0.308. The SMILES string of the molecule is CCn1nc(C)cc1C(=O)Nc1nc2cc(C(N)=O)cc(OCCCNC)c2n1C/C=C/Cn1c2ccc(C(N)=O)nc2c2cnc(-c3cc(C)nn3CC)nc21. The van der Waals surface area contributed by atoms with Crippen molar-refractivity contribution in [3.05, 3.63) is 83.1 Å². The average Bonchev–Trinajstić information content (AvgIpc) is 3.95. The minimum absolute atomic E-state index is 0.128. The van der Waals surface area contributed by atoms with E-state index in [2.05, 4.69) is 30.8 Å². The molecular weight excluding hydrogens is 729 g/mol. The smallest absolute Gasteiger partial charge is 0.276 e. The molecule has 57 heavy (non-hydrogen) atoms. The van der Waals surface area contributed by atoms with Gasteiger partial charge in [-0.05, 0) is 84.1 Å². The number of fused-ring (bicyclic) bond motifs is 4. The molecule has 0 aliphatic carbocycles. The number of aromatic nitrogens is 10. The van der Waals surface area contributed by atoms with Gasteiger partial charge in [0.2, 0.25) is 11.9 Å². The maximum atomic E-state index is 13.7. The van der Waals surface area contributed by atoms with Crippen LogP contribution in [0.1, 0.15) is 63.0 Å². The Morgan fingerprint density at radius 1 is 0.877 bits per heavy atom. The third-order valence-electron chi connectivity index (χ3n) is 9.45. The zero-order valence-corrected chi connectivity index (χ0v) is 32.4. The number of allylic oxidation sites excluding steroid dienone is 2. The highest BCUT2D eigenvalue weighted by molar-refractivity contribution is 6.06. The van der Waals surface area contributed by atoms with E-state index in [-0.39, 0.29) is 23.8 Å². The molecule has 0 spiro atoms. The molecular formula is C39H44N14O4. The second-order valence-electron chi connectivity index (χ2n) is 13.4. The average molecular weight is 773 g/mol. The van der Waals surface area contributed by atoms with Gasteiger partial charge in [0, 0.05) is 37.9 Å². The standard InChI is InChI=1S/C39H44N14O4/c1-6-52-29(17-22(3)48-52)36-43-21-25-32-28(12-11-26(44-32)35(41)55)50(37(25)46-36)14-8-9-15-51-33-27(19-24(34(40)54)20-31(33)57-16-10-13-42-5)45-39(51)47-38(56)30-18-23(4)49-53(30)7-2/h8-9,11-12,17-21,42H,6-7,10,13-16H2,1-5H3,(H2,40,54)(H2,41,55)(H,45,47,56)/b9-8+. The molecule has 1 aromatic carbocycles. The number of carbonyl (C=O) groups excluding carboxylic acids is 3. The van der Waals surface area contributed by atoms with E-state index >= 15 is 0 Å². The van der Waals surface area contributed by atoms with Gasteiger partial charge < -0.3 is 30.7 Å². The lowest BCUT2D eigenvalue weighted by molar-refractivity contribution is 0.0989. The Morgan fingerprint density at radius 3 is 2.33 bits per heavy atom. The predicted molar refractivity (Wildman–Crippen MR) is 215 cm³/mol. The molecule has 0 saturated heterocycles. The first-order chi connectivity index (χ1) is 27.5. The lowest BCUT2D eigenvalue weighted by atomic mass is 10.1. The van der Waals surface area contributed by atoms with Crippen LogP contribution in [0.15, 0.2) is 54.7 Å². The summed E-state index contributed by atoms with van der Waals surface area (Å²) in [5.41, 5.74) is 17.2. The molecule has 6 heterocycles. The predicted octanol–water partition coefficient (Wildman–Crippen LogP) is 3.74. The third-order valence-corrected chi connectivity index (χ3v) is 9.45. The maximum Gasteiger partial charge on any atom is 0.276 e. The molecule has 0 saturated carbocycles. The molecule has 0 unspecified atom stereocenters. The number of rotatable bonds is 16. The highest BCUT2D eigenvalue weighted by Crippen LogP contribution is 2.32. The van der Waals surface area contributed by atoms with Gasteiger partial charge in [-0.25, -0.2) is 19.9 Å². The van der Waals surface area contributed by atoms with Gasteiger partial charge in [0.1, 0.15) is 39.5 Å². The number of hydrogen-bond donors (Lipinski definition) is 4. The summed E-state index contributed by atoms with van der Waals surface area (Å²) in [7, 11) is 1.86. The van der Waals surface area contributed by atoms with Gasteiger partial charge in [-0.15, -0.1) is 0 Å². The summed E-state index contributed by atoms with van der Waals surface area (Å²) in [4.78, 5) is 57.2. The fourth-order valence-electron chi connectivity index (χ4n) is 6.82. The van der Waals surface area contributed by atoms with Crippen LogP contribution in [0.2, 0.25) is 0 Å². The monoisotopic (exact) mass is 772 g/mol. The molecule has 0 fully saturated rings. The second kappa shape index (κ2) is 16.0. The fourth-order valence-corrected chi connectivity index (χ4v) is 6.82. The van der Waals surface area contributed by atoms with Crippen molar-refractivity contribution in [1.82, 2.24) is 53.9 Å². The van der Waals surface area contributed by atoms with Crippen molar-refractivity contribution in [2.75, 3.05) is 25.5 Å². The largest absolute Gasteiger partial charge is 0.491 e. The van der Waals surface area contributed by atoms with Gasteiger partial charge in [-0.1, -0.05) is 12.2 Å². The molecule has 6 aromatic heterocycles. The number of carbonyl (C=O) groups is 3. The van der Waals surface area contributed by atoms with Crippen LogP contribution in [-0.4, -0.2) is 86.6 Å². The molecule has 6 N–H and O–H groups in total. The van der Waals surface area contributed by atoms with Crippen molar-refractivity contribution in [2.24, 2.45) is 11.5 Å². The van der Waals surface area contributed by atoms with Crippen molar-refractivity contribution >= 4 is 56.8 Å². The highest BCUT2D eigenvalue weighted by Gasteiger charge is 2.22. The minimum Gasteiger partial charge on any atom is -0.491 e. The van der Waals surface area contributed by atoms with E-state index in [9.17, 15) is 14.4 Å². The first-order valence-corrected chi connectivity index (χ1v) is 18.6. The zero-order chi connectivity index (χ0) is 40.4. The van der Waals surface area contributed by atoms with Gasteiger partial charge in [0.05, 0.1) is 34.4 Å². The molecule has 18 heteroatoms. The van der Waals surface area contributed by atoms with E-state index in [1.807, 2.05) is 66.8 Å². The van der Waals surface area contributed by atoms with E-state index in [4.69, 9.17) is 26.2 Å². The third kappa shape index (κ3) is 7.53. The number of anilines is 1. The van der Waals surface area contributed by atoms with Crippen LogP contribution in [0.25, 0.3) is 44.6 Å². The summed E-state index contributed by atoms with van der Waals surface area (Å²) < 4.78 is 13.5. The van der Waals surface area contributed by atoms with Crippen molar-refractivity contribution in [1.29, 1.82) is 0 Å². The van der Waals surface area contributed by atoms with E-state index in [1.54, 1.807) is 41.2 Å². The van der Waals surface area contributed by atoms with E-state index < -0.39 is 17.7 Å². The van der Waals surface area contributed by atoms with Crippen molar-refractivity contribution in [3.8, 4) is 17.3 Å². The number of nitrogens with zero attached hydrogens (tertiary/aromatic N) is 10. The molecule has 3 amide bonds. The Morgan fingerprint density at radius 2 is 1.61 bits per heavy atom. The van der Waals surface area contributed by atoms with Crippen LogP contribution in [0.3, 0.4) is 0 Å². The maximum absolute atomic E-state index is 13.7. The molecule has 7 aromatic rings. The summed E-state index contributed by atoms with van der Waals surface area (Å²) in [6, 6.07) is 10.2. The Labute approximate surface area is 326 Å². The number of primary amides is 2. The number of hydrogen-bond acceptors (Lipinski definition) is 11. The van der Waals surface area contributed by atoms with Crippen LogP contribution in [0.4, 0.5) is 5.95 Å². The molecule has 0 bridgehead atoms. The number of nitrogens with two attached hydrogens (primary N) is 2. The zero-order valence-electron chi connectivity index (χ0n) is 32.4. The summed E-state index contributed by atoms with van der Waals surface area (Å²) in [6.45, 7) is 10.5. The van der Waals surface area contributed by atoms with E-state index in [0.717, 1.165) is 23.4 Å². The highest BCUT2D eigenvalue weighted by atomic mass is 16.5. The lowest BCUT2D eigenvalue weighted by Gasteiger charge is -2.13. The number of imidazole rings is 1. The summed E-state index contributed by atoms with van der Waals surface area (Å²) in [5, 5.41) is 15.7. The minimum atomic E-state index is -0.643. The van der Waals surface area contributed by atoms with Crippen LogP contribution < -0.4 is 26.8 Å². The van der Waals surface area contributed by atoms with Crippen LogP contribution in [0.5, 0.6) is 5.75 Å². The van der Waals surface area contributed by atoms with Crippen LogP contribution in [0, 0.1) is 13.8 Å². The number of benzene rings is 1. The van der Waals surface area contributed by atoms with Crippen LogP contribution >= 0.6 is 0 Å². The molecule has 294 valence electrons. The number of amides is 3. The van der Waals surface area contributed by atoms with Crippen molar-refractivity contribution in [2.45, 2.75) is 60.3 Å². The van der Waals surface area contributed by atoms with Crippen LogP contribution in [-0.2, 0) is 26.2 Å². The normalized spacial score (nSPS) is 11.7. The molecule has 7 rings (SSSR count). The van der Waals surface area contributed by atoms with Gasteiger partial charge in [0.25, 0.3) is 11.8 Å². The molecule has 0 radical (unpaired) electrons. The number of nitrogens with one attached hydrogen (secondary N) is 2. The van der Waals surface area contributed by atoms with Gasteiger partial charge in [0.15, 0.2) is 5.82 Å². The number of aryl methyl sites for hydroxylation is 4. The summed E-state index contributed by atoms with van der Waals surface area (Å²) >= 11 is 0. The Kier molecular flexibility index (Phi) is 10.8. The second-order valence-corrected chi connectivity index (χ2v) is 13.4. The molecule has 18 nitrogen and oxygen atoms in total. The molecule has 0 aliphatic rings. The Bertz CT molecular complexity index is 2700.